The minimum Gasteiger partial charge on any atom is -0.398 e. The van der Waals surface area contributed by atoms with Gasteiger partial charge < -0.3 is 5.73 Å². The van der Waals surface area contributed by atoms with Crippen molar-refractivity contribution in [3.63, 3.8) is 0 Å². The van der Waals surface area contributed by atoms with Crippen LogP contribution in [0.1, 0.15) is 11.1 Å². The van der Waals surface area contributed by atoms with E-state index in [9.17, 15) is 8.78 Å². The van der Waals surface area contributed by atoms with Crippen molar-refractivity contribution in [1.29, 1.82) is 5.26 Å². The van der Waals surface area contributed by atoms with Crippen molar-refractivity contribution in [2.24, 2.45) is 10.7 Å². The molecule has 0 amide bonds. The minimum absolute atomic E-state index is 0.281. The monoisotopic (exact) mass is 283 g/mol. The van der Waals surface area contributed by atoms with Gasteiger partial charge in [0.1, 0.15) is 0 Å². The third-order valence-corrected chi connectivity index (χ3v) is 2.71. The van der Waals surface area contributed by atoms with Crippen LogP contribution in [0, 0.1) is 23.0 Å². The molecule has 0 heterocycles. The minimum atomic E-state index is -0.955. The van der Waals surface area contributed by atoms with Crippen LogP contribution in [0.4, 0.5) is 14.5 Å². The zero-order valence-electron chi connectivity index (χ0n) is 10.9. The number of halogens is 2. The van der Waals surface area contributed by atoms with Crippen LogP contribution >= 0.6 is 0 Å². The second-order valence-electron chi connectivity index (χ2n) is 4.19. The van der Waals surface area contributed by atoms with Gasteiger partial charge in [0.05, 0.1) is 17.3 Å². The molecule has 0 spiro atoms. The molecule has 0 aliphatic rings. The summed E-state index contributed by atoms with van der Waals surface area (Å²) in [6.07, 6.45) is 2.92. The molecule has 0 saturated carbocycles. The first-order chi connectivity index (χ1) is 10.1. The van der Waals surface area contributed by atoms with Crippen LogP contribution in [0.2, 0.25) is 0 Å². The number of rotatable bonds is 3. The summed E-state index contributed by atoms with van der Waals surface area (Å²) in [5.41, 5.74) is 7.75. The van der Waals surface area contributed by atoms with Gasteiger partial charge in [-0.15, -0.1) is 0 Å². The first-order valence-corrected chi connectivity index (χ1v) is 6.05. The van der Waals surface area contributed by atoms with E-state index in [1.807, 2.05) is 6.07 Å². The SMILES string of the molecule is N#Cc1cccc(C(N)=CC=Nc2ccc(F)c(F)c2)c1. The van der Waals surface area contributed by atoms with Crippen molar-refractivity contribution in [3.8, 4) is 6.07 Å². The van der Waals surface area contributed by atoms with E-state index in [0.29, 0.717) is 16.8 Å². The molecule has 3 nitrogen and oxygen atoms in total. The van der Waals surface area contributed by atoms with Gasteiger partial charge in [-0.25, -0.2) is 8.78 Å². The van der Waals surface area contributed by atoms with E-state index in [-0.39, 0.29) is 5.69 Å². The van der Waals surface area contributed by atoms with E-state index in [1.165, 1.54) is 18.4 Å². The van der Waals surface area contributed by atoms with Gasteiger partial charge in [0.15, 0.2) is 11.6 Å². The summed E-state index contributed by atoms with van der Waals surface area (Å²) in [5, 5.41) is 8.81. The highest BCUT2D eigenvalue weighted by atomic mass is 19.2. The van der Waals surface area contributed by atoms with Crippen molar-refractivity contribution >= 4 is 17.6 Å². The van der Waals surface area contributed by atoms with Crippen LogP contribution in [0.3, 0.4) is 0 Å². The first-order valence-electron chi connectivity index (χ1n) is 6.05. The van der Waals surface area contributed by atoms with Crippen molar-refractivity contribution in [1.82, 2.24) is 0 Å². The molecular weight excluding hydrogens is 272 g/mol. The lowest BCUT2D eigenvalue weighted by molar-refractivity contribution is 0.509. The zero-order chi connectivity index (χ0) is 15.2. The van der Waals surface area contributed by atoms with Gasteiger partial charge in [0.25, 0.3) is 0 Å². The summed E-state index contributed by atoms with van der Waals surface area (Å²) in [4.78, 5) is 3.96. The van der Waals surface area contributed by atoms with Gasteiger partial charge in [0, 0.05) is 18.0 Å². The summed E-state index contributed by atoms with van der Waals surface area (Å²) in [5.74, 6) is -1.87. The Bertz CT molecular complexity index is 758. The fraction of sp³-hybridized carbons (Fsp3) is 0. The van der Waals surface area contributed by atoms with E-state index in [4.69, 9.17) is 11.0 Å². The molecule has 104 valence electrons. The molecule has 0 fully saturated rings. The Labute approximate surface area is 120 Å². The molecule has 0 aromatic heterocycles. The summed E-state index contributed by atoms with van der Waals surface area (Å²) >= 11 is 0. The molecule has 0 saturated heterocycles. The molecule has 2 rings (SSSR count). The lowest BCUT2D eigenvalue weighted by atomic mass is 10.1. The van der Waals surface area contributed by atoms with E-state index < -0.39 is 11.6 Å². The highest BCUT2D eigenvalue weighted by molar-refractivity contribution is 5.85. The standard InChI is InChI=1S/C16H11F2N3/c17-14-5-4-13(9-15(14)18)21-7-6-16(20)12-3-1-2-11(8-12)10-19/h1-9H,20H2. The van der Waals surface area contributed by atoms with E-state index in [0.717, 1.165) is 12.1 Å². The summed E-state index contributed by atoms with van der Waals surface area (Å²) in [6, 6.07) is 12.2. The molecule has 0 aliphatic heterocycles. The van der Waals surface area contributed by atoms with E-state index >= 15 is 0 Å². The Morgan fingerprint density at radius 3 is 2.67 bits per heavy atom. The largest absolute Gasteiger partial charge is 0.398 e. The van der Waals surface area contributed by atoms with Gasteiger partial charge in [-0.05, 0) is 35.9 Å². The molecule has 5 heteroatoms. The Morgan fingerprint density at radius 1 is 1.14 bits per heavy atom. The van der Waals surface area contributed by atoms with Gasteiger partial charge >= 0.3 is 0 Å². The normalized spacial score (nSPS) is 11.6. The summed E-state index contributed by atoms with van der Waals surface area (Å²) < 4.78 is 25.8. The average molecular weight is 283 g/mol. The molecule has 21 heavy (non-hydrogen) atoms. The molecule has 0 unspecified atom stereocenters. The van der Waals surface area contributed by atoms with Gasteiger partial charge in [-0.2, -0.15) is 5.26 Å². The molecule has 0 bridgehead atoms. The fourth-order valence-corrected chi connectivity index (χ4v) is 1.63. The predicted octanol–water partition coefficient (Wildman–Crippen LogP) is 3.54. The van der Waals surface area contributed by atoms with Crippen molar-refractivity contribution in [3.05, 3.63) is 71.3 Å². The first kappa shape index (κ1) is 14.4. The molecule has 0 radical (unpaired) electrons. The van der Waals surface area contributed by atoms with Crippen LogP contribution in [0.5, 0.6) is 0 Å². The van der Waals surface area contributed by atoms with Crippen LogP contribution < -0.4 is 5.73 Å². The van der Waals surface area contributed by atoms with Crippen LogP contribution in [-0.4, -0.2) is 6.21 Å². The molecule has 0 aliphatic carbocycles. The summed E-state index contributed by atoms with van der Waals surface area (Å²) in [7, 11) is 0. The van der Waals surface area contributed by atoms with Gasteiger partial charge in [-0.3, -0.25) is 4.99 Å². The maximum Gasteiger partial charge on any atom is 0.160 e. The van der Waals surface area contributed by atoms with Crippen molar-refractivity contribution in [2.45, 2.75) is 0 Å². The maximum absolute atomic E-state index is 13.0. The number of allylic oxidation sites excluding steroid dienone is 1. The Morgan fingerprint density at radius 2 is 1.95 bits per heavy atom. The lowest BCUT2D eigenvalue weighted by Crippen LogP contribution is -1.96. The molecule has 2 N–H and O–H groups in total. The van der Waals surface area contributed by atoms with Crippen molar-refractivity contribution in [2.75, 3.05) is 0 Å². The molecule has 2 aromatic carbocycles. The van der Waals surface area contributed by atoms with Crippen molar-refractivity contribution < 1.29 is 8.78 Å². The quantitative estimate of drug-likeness (QED) is 0.876. The smallest absolute Gasteiger partial charge is 0.160 e. The number of nitrogens with zero attached hydrogens (tertiary/aromatic N) is 2. The topological polar surface area (TPSA) is 62.2 Å². The van der Waals surface area contributed by atoms with Gasteiger partial charge in [-0.1, -0.05) is 12.1 Å². The number of nitrogens with two attached hydrogens (primary N) is 1. The predicted molar refractivity (Wildman–Crippen MR) is 77.8 cm³/mol. The summed E-state index contributed by atoms with van der Waals surface area (Å²) in [6.45, 7) is 0. The van der Waals surface area contributed by atoms with E-state index in [2.05, 4.69) is 4.99 Å². The number of hydrogen-bond acceptors (Lipinski definition) is 3. The molecule has 2 aromatic rings. The second-order valence-corrected chi connectivity index (χ2v) is 4.19. The average Bonchev–Trinajstić information content (AvgIpc) is 2.50. The molecule has 0 atom stereocenters. The number of aliphatic imine (C=N–C) groups is 1. The van der Waals surface area contributed by atoms with Crippen LogP contribution in [-0.2, 0) is 0 Å². The number of nitriles is 1. The third kappa shape index (κ3) is 3.74. The van der Waals surface area contributed by atoms with Crippen LogP contribution in [0.25, 0.3) is 5.70 Å². The Balaban J connectivity index is 2.17. The Hall–Kier alpha value is -3.00. The van der Waals surface area contributed by atoms with Gasteiger partial charge in [0.2, 0.25) is 0 Å². The third-order valence-electron chi connectivity index (χ3n) is 2.71. The maximum atomic E-state index is 13.0. The number of benzene rings is 2. The Kier molecular flexibility index (Phi) is 4.42. The fourth-order valence-electron chi connectivity index (χ4n) is 1.63. The number of hydrogen-bond donors (Lipinski definition) is 1. The highest BCUT2D eigenvalue weighted by Crippen LogP contribution is 2.16. The highest BCUT2D eigenvalue weighted by Gasteiger charge is 2.00. The molecular formula is C16H11F2N3. The van der Waals surface area contributed by atoms with Crippen LogP contribution in [0.15, 0.2) is 53.5 Å². The van der Waals surface area contributed by atoms with E-state index in [1.54, 1.807) is 24.3 Å². The second kappa shape index (κ2) is 6.44. The lowest BCUT2D eigenvalue weighted by Gasteiger charge is -2.00. The zero-order valence-corrected chi connectivity index (χ0v) is 10.9.